The Morgan fingerprint density at radius 2 is 1.84 bits per heavy atom. The van der Waals surface area contributed by atoms with E-state index in [0.29, 0.717) is 43.6 Å². The van der Waals surface area contributed by atoms with Gasteiger partial charge in [0.1, 0.15) is 12.4 Å². The first kappa shape index (κ1) is 25.1. The van der Waals surface area contributed by atoms with Gasteiger partial charge in [0.2, 0.25) is 5.91 Å². The van der Waals surface area contributed by atoms with Crippen molar-refractivity contribution in [1.29, 1.82) is 0 Å². The van der Waals surface area contributed by atoms with Gasteiger partial charge in [0, 0.05) is 56.7 Å². The summed E-state index contributed by atoms with van der Waals surface area (Å²) in [6.45, 7) is 1.78. The van der Waals surface area contributed by atoms with Gasteiger partial charge in [0.15, 0.2) is 0 Å². The van der Waals surface area contributed by atoms with Crippen LogP contribution in [0.3, 0.4) is 0 Å². The number of carbonyl (C=O) groups excluding carboxylic acids is 3. The minimum atomic E-state index is -0.535. The molecule has 0 aliphatic carbocycles. The summed E-state index contributed by atoms with van der Waals surface area (Å²) in [4.78, 5) is 45.2. The Labute approximate surface area is 220 Å². The number of halogens is 2. The second-order valence-electron chi connectivity index (χ2n) is 9.66. The zero-order valence-corrected chi connectivity index (χ0v) is 21.4. The van der Waals surface area contributed by atoms with Crippen LogP contribution in [0.5, 0.6) is 0 Å². The maximum Gasteiger partial charge on any atom is 0.324 e. The molecule has 5 amide bonds. The molecule has 1 N–H and O–H groups in total. The van der Waals surface area contributed by atoms with Gasteiger partial charge in [-0.05, 0) is 42.5 Å². The number of carbonyl (C=O) groups is 3. The first-order valence-corrected chi connectivity index (χ1v) is 12.8. The van der Waals surface area contributed by atoms with Gasteiger partial charge in [0.05, 0.1) is 5.02 Å². The molecule has 0 saturated carbocycles. The van der Waals surface area contributed by atoms with E-state index in [4.69, 9.17) is 11.6 Å². The quantitative estimate of drug-likeness (QED) is 0.648. The highest BCUT2D eigenvalue weighted by atomic mass is 35.5. The lowest BCUT2D eigenvalue weighted by atomic mass is 10.0. The average molecular weight is 526 g/mol. The fraction of sp³-hybridized carbons (Fsp3) is 0.370. The molecule has 0 aromatic heterocycles. The van der Waals surface area contributed by atoms with Gasteiger partial charge in [-0.1, -0.05) is 41.9 Å². The molecule has 3 heterocycles. The van der Waals surface area contributed by atoms with Gasteiger partial charge < -0.3 is 20.0 Å². The summed E-state index contributed by atoms with van der Waals surface area (Å²) < 4.78 is 14.0. The Kier molecular flexibility index (Phi) is 7.06. The molecule has 3 aliphatic heterocycles. The number of rotatable bonds is 4. The lowest BCUT2D eigenvalue weighted by Crippen LogP contribution is -2.52. The highest BCUT2D eigenvalue weighted by Gasteiger charge is 2.33. The Bertz CT molecular complexity index is 1260. The van der Waals surface area contributed by atoms with Crippen molar-refractivity contribution in [3.05, 3.63) is 70.6 Å². The number of piperidine rings is 1. The maximum atomic E-state index is 14.0. The number of nitrogens with one attached hydrogen (secondary N) is 1. The van der Waals surface area contributed by atoms with Crippen molar-refractivity contribution in [3.63, 3.8) is 0 Å². The molecule has 2 aromatic carbocycles. The molecule has 194 valence electrons. The van der Waals surface area contributed by atoms with Crippen LogP contribution in [-0.2, 0) is 11.2 Å². The van der Waals surface area contributed by atoms with Crippen molar-refractivity contribution >= 4 is 40.8 Å². The minimum absolute atomic E-state index is 0.00880. The molecule has 1 saturated heterocycles. The van der Waals surface area contributed by atoms with E-state index in [1.807, 2.05) is 29.2 Å². The van der Waals surface area contributed by atoms with Crippen molar-refractivity contribution in [2.24, 2.45) is 0 Å². The van der Waals surface area contributed by atoms with E-state index in [9.17, 15) is 18.8 Å². The summed E-state index contributed by atoms with van der Waals surface area (Å²) in [7, 11) is 1.63. The third kappa shape index (κ3) is 5.13. The summed E-state index contributed by atoms with van der Waals surface area (Å²) in [5.41, 5.74) is 3.13. The molecule has 0 unspecified atom stereocenters. The molecular formula is C27H29ClFN5O3. The topological polar surface area (TPSA) is 76.2 Å². The summed E-state index contributed by atoms with van der Waals surface area (Å²) in [5.74, 6) is -0.706. The van der Waals surface area contributed by atoms with Crippen LogP contribution in [0, 0.1) is 5.82 Å². The van der Waals surface area contributed by atoms with Gasteiger partial charge in [-0.3, -0.25) is 9.69 Å². The van der Waals surface area contributed by atoms with Crippen molar-refractivity contribution in [1.82, 2.24) is 19.6 Å². The molecule has 0 atom stereocenters. The van der Waals surface area contributed by atoms with Crippen molar-refractivity contribution in [3.8, 4) is 0 Å². The normalized spacial score (nSPS) is 18.8. The lowest BCUT2D eigenvalue weighted by molar-refractivity contribution is -0.132. The first-order valence-electron chi connectivity index (χ1n) is 12.4. The number of nitrogens with zero attached hydrogens (tertiary/aromatic N) is 4. The SMILES string of the molecule is CN1CC(c2cccc(F)c2Cl)=CN(CC(=O)N2CCC(N3CCc4ccccc4NC3=O)CC2)C1=O. The Hall–Kier alpha value is -3.59. The number of likely N-dealkylation sites (N-methyl/N-ethyl adjacent to an activating group) is 1. The van der Waals surface area contributed by atoms with E-state index >= 15 is 0 Å². The van der Waals surface area contributed by atoms with Crippen LogP contribution >= 0.6 is 11.6 Å². The standard InChI is InChI=1S/C27H29ClFN5O3/c1-31-15-19(21-6-4-7-22(29)25(21)28)16-33(27(31)37)17-24(35)32-12-10-20(11-13-32)34-14-9-18-5-2-3-8-23(18)30-26(34)36/h2-8,16,20H,9-15,17H2,1H3,(H,30,36). The van der Waals surface area contributed by atoms with Crippen LogP contribution in [0.15, 0.2) is 48.7 Å². The predicted octanol–water partition coefficient (Wildman–Crippen LogP) is 4.27. The van der Waals surface area contributed by atoms with Gasteiger partial charge in [-0.2, -0.15) is 0 Å². The van der Waals surface area contributed by atoms with Crippen LogP contribution in [0.1, 0.15) is 24.0 Å². The van der Waals surface area contributed by atoms with Crippen molar-refractivity contribution < 1.29 is 18.8 Å². The molecule has 0 spiro atoms. The number of urea groups is 2. The summed E-state index contributed by atoms with van der Waals surface area (Å²) in [6, 6.07) is 12.0. The largest absolute Gasteiger partial charge is 0.341 e. The van der Waals surface area contributed by atoms with Gasteiger partial charge in [-0.25, -0.2) is 14.0 Å². The molecule has 8 nitrogen and oxygen atoms in total. The second kappa shape index (κ2) is 10.4. The molecule has 10 heteroatoms. The van der Waals surface area contributed by atoms with Crippen LogP contribution in [0.4, 0.5) is 19.7 Å². The van der Waals surface area contributed by atoms with Crippen molar-refractivity contribution in [2.75, 3.05) is 45.1 Å². The number of amides is 5. The van der Waals surface area contributed by atoms with Crippen LogP contribution in [0.25, 0.3) is 5.57 Å². The molecule has 3 aliphatic rings. The predicted molar refractivity (Wildman–Crippen MR) is 140 cm³/mol. The number of hydrogen-bond acceptors (Lipinski definition) is 3. The van der Waals surface area contributed by atoms with Gasteiger partial charge >= 0.3 is 12.1 Å². The molecule has 37 heavy (non-hydrogen) atoms. The smallest absolute Gasteiger partial charge is 0.324 e. The van der Waals surface area contributed by atoms with E-state index in [0.717, 1.165) is 17.7 Å². The van der Waals surface area contributed by atoms with Crippen LogP contribution < -0.4 is 5.32 Å². The zero-order valence-electron chi connectivity index (χ0n) is 20.6. The number of fused-ring (bicyclic) bond motifs is 1. The van der Waals surface area contributed by atoms with Gasteiger partial charge in [-0.15, -0.1) is 0 Å². The van der Waals surface area contributed by atoms with Crippen LogP contribution in [-0.4, -0.2) is 83.4 Å². The van der Waals surface area contributed by atoms with E-state index in [-0.39, 0.29) is 42.1 Å². The fourth-order valence-corrected chi connectivity index (χ4v) is 5.50. The average Bonchev–Trinajstić information content (AvgIpc) is 3.06. The van der Waals surface area contributed by atoms with E-state index < -0.39 is 5.82 Å². The highest BCUT2D eigenvalue weighted by Crippen LogP contribution is 2.30. The number of para-hydroxylation sites is 1. The Balaban J connectivity index is 1.22. The third-order valence-electron chi connectivity index (χ3n) is 7.29. The van der Waals surface area contributed by atoms with E-state index in [2.05, 4.69) is 5.32 Å². The number of benzene rings is 2. The molecule has 0 radical (unpaired) electrons. The lowest BCUT2D eigenvalue weighted by Gasteiger charge is -2.39. The number of hydrogen-bond donors (Lipinski definition) is 1. The highest BCUT2D eigenvalue weighted by molar-refractivity contribution is 6.32. The number of likely N-dealkylation sites (tertiary alicyclic amines) is 1. The van der Waals surface area contributed by atoms with E-state index in [1.165, 1.54) is 15.9 Å². The summed E-state index contributed by atoms with van der Waals surface area (Å²) in [5, 5.41) is 3.00. The Morgan fingerprint density at radius 1 is 1.08 bits per heavy atom. The summed E-state index contributed by atoms with van der Waals surface area (Å²) >= 11 is 6.16. The van der Waals surface area contributed by atoms with Crippen LogP contribution in [0.2, 0.25) is 5.02 Å². The maximum absolute atomic E-state index is 14.0. The third-order valence-corrected chi connectivity index (χ3v) is 7.68. The van der Waals surface area contributed by atoms with E-state index in [1.54, 1.807) is 30.3 Å². The first-order chi connectivity index (χ1) is 17.8. The molecule has 2 aromatic rings. The molecular weight excluding hydrogens is 497 g/mol. The monoisotopic (exact) mass is 525 g/mol. The molecule has 0 bridgehead atoms. The second-order valence-corrected chi connectivity index (χ2v) is 10.0. The molecule has 1 fully saturated rings. The van der Waals surface area contributed by atoms with Crippen molar-refractivity contribution in [2.45, 2.75) is 25.3 Å². The minimum Gasteiger partial charge on any atom is -0.341 e. The number of anilines is 1. The van der Waals surface area contributed by atoms with Gasteiger partial charge in [0.25, 0.3) is 0 Å². The molecule has 5 rings (SSSR count). The zero-order chi connectivity index (χ0) is 26.1. The fourth-order valence-electron chi connectivity index (χ4n) is 5.26. The summed E-state index contributed by atoms with van der Waals surface area (Å²) in [6.07, 6.45) is 3.71. The Morgan fingerprint density at radius 3 is 2.62 bits per heavy atom.